The van der Waals surface area contributed by atoms with Crippen molar-refractivity contribution in [2.24, 2.45) is 0 Å². The van der Waals surface area contributed by atoms with Crippen molar-refractivity contribution < 1.29 is 18.8 Å². The van der Waals surface area contributed by atoms with Gasteiger partial charge in [-0.25, -0.2) is 0 Å². The molecule has 2 heterocycles. The molecular weight excluding hydrogens is 336 g/mol. The number of morpholine rings is 1. The molecule has 140 valence electrons. The molecule has 0 aliphatic carbocycles. The lowest BCUT2D eigenvalue weighted by molar-refractivity contribution is 0.0374. The molecule has 8 nitrogen and oxygen atoms in total. The van der Waals surface area contributed by atoms with E-state index in [0.29, 0.717) is 29.6 Å². The van der Waals surface area contributed by atoms with E-state index in [9.17, 15) is 4.79 Å². The maximum atomic E-state index is 12.5. The summed E-state index contributed by atoms with van der Waals surface area (Å²) in [6.45, 7) is 6.94. The van der Waals surface area contributed by atoms with Gasteiger partial charge in [0.1, 0.15) is 5.75 Å². The number of nitrogens with zero attached hydrogens (tertiary/aromatic N) is 3. The van der Waals surface area contributed by atoms with Crippen molar-refractivity contribution in [3.8, 4) is 5.75 Å². The van der Waals surface area contributed by atoms with Gasteiger partial charge in [0.15, 0.2) is 6.61 Å². The van der Waals surface area contributed by atoms with Crippen molar-refractivity contribution in [2.75, 3.05) is 39.4 Å². The SMILES string of the molecule is Cc1nc(COc2ccccc2C(=O)NCCCN2CCOCC2)no1. The number of carbonyl (C=O) groups excluding carboxylic acids is 1. The van der Waals surface area contributed by atoms with Gasteiger partial charge in [0.25, 0.3) is 5.91 Å². The predicted octanol–water partition coefficient (Wildman–Crippen LogP) is 1.41. The maximum absolute atomic E-state index is 12.5. The normalized spacial score (nSPS) is 15.0. The lowest BCUT2D eigenvalue weighted by Gasteiger charge is -2.26. The van der Waals surface area contributed by atoms with Gasteiger partial charge >= 0.3 is 0 Å². The molecule has 1 fully saturated rings. The minimum Gasteiger partial charge on any atom is -0.485 e. The molecule has 0 unspecified atom stereocenters. The van der Waals surface area contributed by atoms with E-state index in [-0.39, 0.29) is 12.5 Å². The first-order chi connectivity index (χ1) is 12.7. The lowest BCUT2D eigenvalue weighted by Crippen LogP contribution is -2.38. The highest BCUT2D eigenvalue weighted by molar-refractivity contribution is 5.96. The number of rotatable bonds is 8. The standard InChI is InChI=1S/C18H24N4O4/c1-14-20-17(21-26-14)13-25-16-6-3-2-5-15(16)18(23)19-7-4-8-22-9-11-24-12-10-22/h2-3,5-6H,4,7-13H2,1H3,(H,19,23). The average molecular weight is 360 g/mol. The van der Waals surface area contributed by atoms with Crippen LogP contribution >= 0.6 is 0 Å². The molecule has 8 heteroatoms. The first kappa shape index (κ1) is 18.3. The highest BCUT2D eigenvalue weighted by atomic mass is 16.5. The second kappa shape index (κ2) is 9.30. The molecule has 1 amide bonds. The van der Waals surface area contributed by atoms with Crippen molar-refractivity contribution in [3.63, 3.8) is 0 Å². The first-order valence-electron chi connectivity index (χ1n) is 8.81. The van der Waals surface area contributed by atoms with Crippen LogP contribution in [0.25, 0.3) is 0 Å². The molecule has 2 aromatic rings. The van der Waals surface area contributed by atoms with E-state index >= 15 is 0 Å². The Morgan fingerprint density at radius 1 is 1.31 bits per heavy atom. The van der Waals surface area contributed by atoms with E-state index in [0.717, 1.165) is 39.3 Å². The van der Waals surface area contributed by atoms with Crippen molar-refractivity contribution in [1.29, 1.82) is 0 Å². The molecule has 3 rings (SSSR count). The Labute approximate surface area is 152 Å². The minimum absolute atomic E-state index is 0.146. The summed E-state index contributed by atoms with van der Waals surface area (Å²) >= 11 is 0. The average Bonchev–Trinajstić information content (AvgIpc) is 3.10. The fourth-order valence-corrected chi connectivity index (χ4v) is 2.75. The summed E-state index contributed by atoms with van der Waals surface area (Å²) in [5.74, 6) is 1.28. The molecule has 0 bridgehead atoms. The highest BCUT2D eigenvalue weighted by Crippen LogP contribution is 2.19. The molecule has 0 radical (unpaired) electrons. The molecule has 1 aromatic heterocycles. The summed E-state index contributed by atoms with van der Waals surface area (Å²) in [6.07, 6.45) is 0.900. The van der Waals surface area contributed by atoms with Gasteiger partial charge in [-0.05, 0) is 25.1 Å². The highest BCUT2D eigenvalue weighted by Gasteiger charge is 2.14. The lowest BCUT2D eigenvalue weighted by atomic mass is 10.2. The Morgan fingerprint density at radius 3 is 2.88 bits per heavy atom. The van der Waals surface area contributed by atoms with Gasteiger partial charge in [-0.15, -0.1) is 0 Å². The number of hydrogen-bond donors (Lipinski definition) is 1. The third-order valence-corrected chi connectivity index (χ3v) is 4.10. The van der Waals surface area contributed by atoms with Gasteiger partial charge < -0.3 is 19.3 Å². The maximum Gasteiger partial charge on any atom is 0.255 e. The summed E-state index contributed by atoms with van der Waals surface area (Å²) in [7, 11) is 0. The van der Waals surface area contributed by atoms with Gasteiger partial charge in [0.2, 0.25) is 11.7 Å². The second-order valence-corrected chi connectivity index (χ2v) is 6.08. The van der Waals surface area contributed by atoms with Crippen molar-refractivity contribution in [2.45, 2.75) is 20.0 Å². The largest absolute Gasteiger partial charge is 0.485 e. The number of aromatic nitrogens is 2. The Balaban J connectivity index is 1.47. The third-order valence-electron chi connectivity index (χ3n) is 4.10. The fourth-order valence-electron chi connectivity index (χ4n) is 2.75. The van der Waals surface area contributed by atoms with Crippen LogP contribution < -0.4 is 10.1 Å². The van der Waals surface area contributed by atoms with E-state index in [1.54, 1.807) is 19.1 Å². The number of para-hydroxylation sites is 1. The quantitative estimate of drug-likeness (QED) is 0.712. The molecule has 1 N–H and O–H groups in total. The molecule has 0 spiro atoms. The van der Waals surface area contributed by atoms with Gasteiger partial charge in [0, 0.05) is 26.6 Å². The number of ether oxygens (including phenoxy) is 2. The fraction of sp³-hybridized carbons (Fsp3) is 0.500. The summed E-state index contributed by atoms with van der Waals surface area (Å²) in [5, 5.41) is 6.74. The molecule has 1 aromatic carbocycles. The number of nitrogens with one attached hydrogen (secondary N) is 1. The van der Waals surface area contributed by atoms with Crippen LogP contribution in [0.3, 0.4) is 0 Å². The van der Waals surface area contributed by atoms with Crippen LogP contribution in [0.4, 0.5) is 0 Å². The number of hydrogen-bond acceptors (Lipinski definition) is 7. The number of benzene rings is 1. The zero-order valence-corrected chi connectivity index (χ0v) is 14.9. The smallest absolute Gasteiger partial charge is 0.255 e. The molecule has 1 saturated heterocycles. The topological polar surface area (TPSA) is 89.7 Å². The third kappa shape index (κ3) is 5.27. The zero-order chi connectivity index (χ0) is 18.2. The number of carbonyl (C=O) groups is 1. The van der Waals surface area contributed by atoms with E-state index in [1.165, 1.54) is 0 Å². The van der Waals surface area contributed by atoms with Gasteiger partial charge in [0.05, 0.1) is 18.8 Å². The number of aryl methyl sites for hydroxylation is 1. The molecule has 1 aliphatic heterocycles. The summed E-state index contributed by atoms with van der Waals surface area (Å²) in [5.41, 5.74) is 0.499. The first-order valence-corrected chi connectivity index (χ1v) is 8.81. The molecule has 1 aliphatic rings. The molecule has 26 heavy (non-hydrogen) atoms. The zero-order valence-electron chi connectivity index (χ0n) is 14.9. The van der Waals surface area contributed by atoms with Crippen molar-refractivity contribution >= 4 is 5.91 Å². The minimum atomic E-state index is -0.146. The van der Waals surface area contributed by atoms with Crippen molar-refractivity contribution in [3.05, 3.63) is 41.5 Å². The van der Waals surface area contributed by atoms with Gasteiger partial charge in [-0.3, -0.25) is 9.69 Å². The van der Waals surface area contributed by atoms with E-state index in [1.807, 2.05) is 12.1 Å². The second-order valence-electron chi connectivity index (χ2n) is 6.08. The van der Waals surface area contributed by atoms with Gasteiger partial charge in [-0.1, -0.05) is 17.3 Å². The Bertz CT molecular complexity index is 713. The van der Waals surface area contributed by atoms with Crippen LogP contribution in [-0.4, -0.2) is 60.3 Å². The number of amides is 1. The van der Waals surface area contributed by atoms with Crippen LogP contribution in [0.15, 0.2) is 28.8 Å². The Morgan fingerprint density at radius 2 is 2.12 bits per heavy atom. The van der Waals surface area contributed by atoms with Crippen LogP contribution in [0, 0.1) is 6.92 Å². The van der Waals surface area contributed by atoms with Crippen LogP contribution in [0.5, 0.6) is 5.75 Å². The molecular formula is C18H24N4O4. The molecule has 0 atom stereocenters. The monoisotopic (exact) mass is 360 g/mol. The van der Waals surface area contributed by atoms with Crippen LogP contribution in [0.2, 0.25) is 0 Å². The summed E-state index contributed by atoms with van der Waals surface area (Å²) in [6, 6.07) is 7.14. The van der Waals surface area contributed by atoms with E-state index < -0.39 is 0 Å². The van der Waals surface area contributed by atoms with E-state index in [2.05, 4.69) is 20.4 Å². The predicted molar refractivity (Wildman–Crippen MR) is 94.0 cm³/mol. The van der Waals surface area contributed by atoms with Crippen LogP contribution in [0.1, 0.15) is 28.5 Å². The Kier molecular flexibility index (Phi) is 6.56. The van der Waals surface area contributed by atoms with Gasteiger partial charge in [-0.2, -0.15) is 4.98 Å². The van der Waals surface area contributed by atoms with Crippen molar-refractivity contribution in [1.82, 2.24) is 20.4 Å². The summed E-state index contributed by atoms with van der Waals surface area (Å²) in [4.78, 5) is 18.9. The van der Waals surface area contributed by atoms with Crippen LogP contribution in [-0.2, 0) is 11.3 Å². The molecule has 0 saturated carbocycles. The van der Waals surface area contributed by atoms with E-state index in [4.69, 9.17) is 14.0 Å². The Hall–Kier alpha value is -2.45. The summed E-state index contributed by atoms with van der Waals surface area (Å²) < 4.78 is 15.9.